The van der Waals surface area contributed by atoms with Crippen LogP contribution >= 0.6 is 27.7 Å². The molecule has 0 heterocycles. The van der Waals surface area contributed by atoms with Crippen LogP contribution in [-0.2, 0) is 0 Å². The number of benzene rings is 1. The molecular weight excluding hydrogens is 258 g/mol. The molecule has 0 fully saturated rings. The van der Waals surface area contributed by atoms with E-state index in [1.807, 2.05) is 18.8 Å². The second kappa shape index (κ2) is 6.49. The molecule has 1 unspecified atom stereocenters. The van der Waals surface area contributed by atoms with Gasteiger partial charge in [0.1, 0.15) is 0 Å². The molecule has 1 nitrogen and oxygen atoms in total. The number of thioether (sulfide) groups is 1. The van der Waals surface area contributed by atoms with Crippen molar-refractivity contribution in [1.29, 1.82) is 0 Å². The third-order valence-electron chi connectivity index (χ3n) is 2.17. The first-order valence-electron chi connectivity index (χ1n) is 4.82. The van der Waals surface area contributed by atoms with Gasteiger partial charge in [0, 0.05) is 21.2 Å². The number of hydrogen-bond donors (Lipinski definition) is 1. The standard InChI is InChI=1S/C11H16BrNS/c1-3-10(13-2)8-14-11-6-4-9(12)5-7-11/h4-7,10,13H,3,8H2,1-2H3. The minimum atomic E-state index is 0.614. The largest absolute Gasteiger partial charge is 0.316 e. The van der Waals surface area contributed by atoms with Crippen molar-refractivity contribution in [3.63, 3.8) is 0 Å². The van der Waals surface area contributed by atoms with Gasteiger partial charge in [-0.2, -0.15) is 0 Å². The van der Waals surface area contributed by atoms with E-state index in [4.69, 9.17) is 0 Å². The van der Waals surface area contributed by atoms with Crippen LogP contribution in [0.2, 0.25) is 0 Å². The van der Waals surface area contributed by atoms with Gasteiger partial charge < -0.3 is 5.32 Å². The number of rotatable bonds is 5. The highest BCUT2D eigenvalue weighted by molar-refractivity contribution is 9.10. The molecule has 0 bridgehead atoms. The van der Waals surface area contributed by atoms with Gasteiger partial charge in [-0.3, -0.25) is 0 Å². The van der Waals surface area contributed by atoms with Crippen LogP contribution in [0.25, 0.3) is 0 Å². The summed E-state index contributed by atoms with van der Waals surface area (Å²) < 4.78 is 1.14. The zero-order valence-electron chi connectivity index (χ0n) is 8.59. The van der Waals surface area contributed by atoms with Crippen LogP contribution in [-0.4, -0.2) is 18.8 Å². The minimum absolute atomic E-state index is 0.614. The summed E-state index contributed by atoms with van der Waals surface area (Å²) in [6.07, 6.45) is 1.18. The zero-order valence-corrected chi connectivity index (χ0v) is 11.0. The maximum absolute atomic E-state index is 3.43. The highest BCUT2D eigenvalue weighted by atomic mass is 79.9. The van der Waals surface area contributed by atoms with E-state index in [0.29, 0.717) is 6.04 Å². The van der Waals surface area contributed by atoms with Gasteiger partial charge >= 0.3 is 0 Å². The quantitative estimate of drug-likeness (QED) is 0.824. The van der Waals surface area contributed by atoms with Gasteiger partial charge in [0.2, 0.25) is 0 Å². The van der Waals surface area contributed by atoms with E-state index >= 15 is 0 Å². The molecule has 0 aliphatic heterocycles. The van der Waals surface area contributed by atoms with Gasteiger partial charge in [0.25, 0.3) is 0 Å². The minimum Gasteiger partial charge on any atom is -0.316 e. The van der Waals surface area contributed by atoms with Gasteiger partial charge in [-0.15, -0.1) is 11.8 Å². The smallest absolute Gasteiger partial charge is 0.0176 e. The molecule has 0 saturated heterocycles. The van der Waals surface area contributed by atoms with Gasteiger partial charge in [0.15, 0.2) is 0 Å². The van der Waals surface area contributed by atoms with E-state index < -0.39 is 0 Å². The molecule has 1 aromatic rings. The van der Waals surface area contributed by atoms with E-state index in [1.54, 1.807) is 0 Å². The van der Waals surface area contributed by atoms with Crippen molar-refractivity contribution >= 4 is 27.7 Å². The average molecular weight is 274 g/mol. The molecule has 1 rings (SSSR count). The third kappa shape index (κ3) is 4.03. The fraction of sp³-hybridized carbons (Fsp3) is 0.455. The number of nitrogens with one attached hydrogen (secondary N) is 1. The highest BCUT2D eigenvalue weighted by Crippen LogP contribution is 2.21. The Morgan fingerprint density at radius 1 is 1.36 bits per heavy atom. The van der Waals surface area contributed by atoms with Gasteiger partial charge in [0.05, 0.1) is 0 Å². The summed E-state index contributed by atoms with van der Waals surface area (Å²) in [4.78, 5) is 1.34. The van der Waals surface area contributed by atoms with Crippen molar-refractivity contribution in [3.8, 4) is 0 Å². The first-order chi connectivity index (χ1) is 6.76. The summed E-state index contributed by atoms with van der Waals surface area (Å²) in [6, 6.07) is 9.09. The van der Waals surface area contributed by atoms with Crippen LogP contribution in [0.15, 0.2) is 33.6 Å². The molecule has 0 radical (unpaired) electrons. The maximum atomic E-state index is 3.43. The van der Waals surface area contributed by atoms with E-state index in [2.05, 4.69) is 52.4 Å². The molecule has 3 heteroatoms. The molecule has 0 aliphatic carbocycles. The summed E-state index contributed by atoms with van der Waals surface area (Å²) in [6.45, 7) is 2.21. The second-order valence-electron chi connectivity index (χ2n) is 3.16. The van der Waals surface area contributed by atoms with Crippen molar-refractivity contribution < 1.29 is 0 Å². The van der Waals surface area contributed by atoms with Gasteiger partial charge in [-0.25, -0.2) is 0 Å². The average Bonchev–Trinajstić information content (AvgIpc) is 2.22. The molecule has 0 aromatic heterocycles. The molecule has 1 aromatic carbocycles. The summed E-state index contributed by atoms with van der Waals surface area (Å²) >= 11 is 5.33. The van der Waals surface area contributed by atoms with Crippen molar-refractivity contribution in [2.75, 3.05) is 12.8 Å². The topological polar surface area (TPSA) is 12.0 Å². The number of hydrogen-bond acceptors (Lipinski definition) is 2. The van der Waals surface area contributed by atoms with Crippen LogP contribution in [0, 0.1) is 0 Å². The van der Waals surface area contributed by atoms with Gasteiger partial charge in [-0.05, 0) is 37.7 Å². The lowest BCUT2D eigenvalue weighted by Crippen LogP contribution is -2.26. The Hall–Kier alpha value is 0.01000. The van der Waals surface area contributed by atoms with E-state index in [9.17, 15) is 0 Å². The Labute approximate surface area is 98.8 Å². The summed E-state index contributed by atoms with van der Waals surface area (Å²) in [7, 11) is 2.02. The van der Waals surface area contributed by atoms with Crippen molar-refractivity contribution in [2.45, 2.75) is 24.3 Å². The lowest BCUT2D eigenvalue weighted by atomic mass is 10.3. The Kier molecular flexibility index (Phi) is 5.60. The molecule has 1 atom stereocenters. The molecule has 0 spiro atoms. The van der Waals surface area contributed by atoms with Gasteiger partial charge in [-0.1, -0.05) is 22.9 Å². The molecule has 14 heavy (non-hydrogen) atoms. The van der Waals surface area contributed by atoms with Crippen molar-refractivity contribution in [1.82, 2.24) is 5.32 Å². The molecule has 0 saturated carbocycles. The SMILES string of the molecule is CCC(CSc1ccc(Br)cc1)NC. The van der Waals surface area contributed by atoms with Crippen LogP contribution in [0.1, 0.15) is 13.3 Å². The van der Waals surface area contributed by atoms with Crippen molar-refractivity contribution in [3.05, 3.63) is 28.7 Å². The summed E-state index contributed by atoms with van der Waals surface area (Å²) in [5.74, 6) is 1.13. The predicted molar refractivity (Wildman–Crippen MR) is 68.0 cm³/mol. The lowest BCUT2D eigenvalue weighted by molar-refractivity contribution is 0.602. The van der Waals surface area contributed by atoms with Crippen LogP contribution in [0.5, 0.6) is 0 Å². The Bertz CT molecular complexity index is 256. The summed E-state index contributed by atoms with van der Waals surface area (Å²) in [5.41, 5.74) is 0. The lowest BCUT2D eigenvalue weighted by Gasteiger charge is -2.12. The molecular formula is C11H16BrNS. The first-order valence-corrected chi connectivity index (χ1v) is 6.59. The Balaban J connectivity index is 2.41. The monoisotopic (exact) mass is 273 g/mol. The fourth-order valence-electron chi connectivity index (χ4n) is 1.13. The second-order valence-corrected chi connectivity index (χ2v) is 5.17. The first kappa shape index (κ1) is 12.1. The normalized spacial score (nSPS) is 12.8. The summed E-state index contributed by atoms with van der Waals surface area (Å²) in [5, 5.41) is 3.30. The van der Waals surface area contributed by atoms with Crippen LogP contribution in [0.4, 0.5) is 0 Å². The van der Waals surface area contributed by atoms with E-state index in [-0.39, 0.29) is 0 Å². The van der Waals surface area contributed by atoms with Crippen molar-refractivity contribution in [2.24, 2.45) is 0 Å². The predicted octanol–water partition coefficient (Wildman–Crippen LogP) is 3.54. The fourth-order valence-corrected chi connectivity index (χ4v) is 2.52. The molecule has 0 amide bonds. The molecule has 1 N–H and O–H groups in total. The third-order valence-corrected chi connectivity index (χ3v) is 3.87. The molecule has 0 aliphatic rings. The van der Waals surface area contributed by atoms with E-state index in [0.717, 1.165) is 10.2 Å². The van der Waals surface area contributed by atoms with Crippen LogP contribution in [0.3, 0.4) is 0 Å². The zero-order chi connectivity index (χ0) is 10.4. The molecule has 78 valence electrons. The number of halogens is 1. The maximum Gasteiger partial charge on any atom is 0.0176 e. The highest BCUT2D eigenvalue weighted by Gasteiger charge is 2.03. The van der Waals surface area contributed by atoms with E-state index in [1.165, 1.54) is 11.3 Å². The Morgan fingerprint density at radius 3 is 2.50 bits per heavy atom. The Morgan fingerprint density at radius 2 is 2.00 bits per heavy atom. The van der Waals surface area contributed by atoms with Crippen LogP contribution < -0.4 is 5.32 Å².